The minimum Gasteiger partial charge on any atom is -0.312 e. The number of pyridine rings is 1. The normalized spacial score (nSPS) is 10.5. The molecule has 0 unspecified atom stereocenters. The number of ketones is 2. The smallest absolute Gasteiger partial charge is 0.209 e. The molecule has 0 amide bonds. The minimum absolute atomic E-state index is 0.181. The van der Waals surface area contributed by atoms with Crippen molar-refractivity contribution in [1.82, 2.24) is 4.40 Å². The summed E-state index contributed by atoms with van der Waals surface area (Å²) in [6.07, 6.45) is 1.69. The SMILES string of the molecule is CC(=O)c1cc(C(=O)c2ccc(Br)cc2)n2cccc(C#N)c12. The van der Waals surface area contributed by atoms with Crippen molar-refractivity contribution in [2.75, 3.05) is 0 Å². The summed E-state index contributed by atoms with van der Waals surface area (Å²) in [5, 5.41) is 9.27. The zero-order chi connectivity index (χ0) is 16.6. The molecule has 3 rings (SSSR count). The lowest BCUT2D eigenvalue weighted by Gasteiger charge is -2.04. The molecule has 0 aliphatic carbocycles. The molecule has 0 N–H and O–H groups in total. The van der Waals surface area contributed by atoms with Gasteiger partial charge < -0.3 is 4.40 Å². The van der Waals surface area contributed by atoms with E-state index in [1.807, 2.05) is 0 Å². The van der Waals surface area contributed by atoms with Crippen molar-refractivity contribution in [3.8, 4) is 6.07 Å². The average Bonchev–Trinajstić information content (AvgIpc) is 2.94. The Morgan fingerprint density at radius 1 is 1.17 bits per heavy atom. The molecule has 2 heterocycles. The Kier molecular flexibility index (Phi) is 3.85. The van der Waals surface area contributed by atoms with Crippen molar-refractivity contribution in [2.45, 2.75) is 6.92 Å². The summed E-state index contributed by atoms with van der Waals surface area (Å²) in [7, 11) is 0. The van der Waals surface area contributed by atoms with E-state index in [1.165, 1.54) is 6.92 Å². The van der Waals surface area contributed by atoms with Crippen LogP contribution >= 0.6 is 15.9 Å². The summed E-state index contributed by atoms with van der Waals surface area (Å²) in [4.78, 5) is 24.7. The van der Waals surface area contributed by atoms with E-state index in [2.05, 4.69) is 22.0 Å². The molecule has 0 atom stereocenters. The molecule has 0 bridgehead atoms. The Labute approximate surface area is 141 Å². The van der Waals surface area contributed by atoms with Gasteiger partial charge in [0.2, 0.25) is 5.78 Å². The summed E-state index contributed by atoms with van der Waals surface area (Å²) in [6, 6.07) is 14.0. The molecule has 5 heteroatoms. The number of halogens is 1. The molecule has 4 nitrogen and oxygen atoms in total. The monoisotopic (exact) mass is 366 g/mol. The largest absolute Gasteiger partial charge is 0.312 e. The fourth-order valence-electron chi connectivity index (χ4n) is 2.54. The zero-order valence-electron chi connectivity index (χ0n) is 12.2. The predicted octanol–water partition coefficient (Wildman–Crippen LogP) is 4.01. The number of Topliss-reactive ketones (excluding diaryl/α,β-unsaturated/α-hetero) is 1. The number of hydrogen-bond acceptors (Lipinski definition) is 3. The van der Waals surface area contributed by atoms with E-state index < -0.39 is 0 Å². The van der Waals surface area contributed by atoms with E-state index in [0.717, 1.165) is 4.47 Å². The fourth-order valence-corrected chi connectivity index (χ4v) is 2.81. The summed E-state index contributed by atoms with van der Waals surface area (Å²) in [6.45, 7) is 1.43. The number of carbonyl (C=O) groups is 2. The van der Waals surface area contributed by atoms with E-state index in [0.29, 0.717) is 27.9 Å². The number of nitrogens with zero attached hydrogens (tertiary/aromatic N) is 2. The van der Waals surface area contributed by atoms with E-state index in [4.69, 9.17) is 0 Å². The van der Waals surface area contributed by atoms with E-state index in [9.17, 15) is 14.9 Å². The van der Waals surface area contributed by atoms with Crippen LogP contribution in [-0.2, 0) is 0 Å². The quantitative estimate of drug-likeness (QED) is 0.658. The second-order valence-electron chi connectivity index (χ2n) is 5.09. The lowest BCUT2D eigenvalue weighted by atomic mass is 10.1. The molecule has 0 saturated carbocycles. The number of rotatable bonds is 3. The van der Waals surface area contributed by atoms with E-state index in [1.54, 1.807) is 53.1 Å². The third-order valence-electron chi connectivity index (χ3n) is 3.63. The maximum atomic E-state index is 12.8. The molecule has 0 aliphatic rings. The second-order valence-corrected chi connectivity index (χ2v) is 6.00. The van der Waals surface area contributed by atoms with Crippen LogP contribution < -0.4 is 0 Å². The average molecular weight is 367 g/mol. The molecule has 0 saturated heterocycles. The van der Waals surface area contributed by atoms with Crippen LogP contribution in [0.4, 0.5) is 0 Å². The van der Waals surface area contributed by atoms with Gasteiger partial charge in [0.15, 0.2) is 5.78 Å². The highest BCUT2D eigenvalue weighted by Crippen LogP contribution is 2.24. The van der Waals surface area contributed by atoms with Gasteiger partial charge in [-0.15, -0.1) is 0 Å². The van der Waals surface area contributed by atoms with Gasteiger partial charge in [-0.25, -0.2) is 0 Å². The van der Waals surface area contributed by atoms with Crippen LogP contribution in [0.5, 0.6) is 0 Å². The second kappa shape index (κ2) is 5.82. The van der Waals surface area contributed by atoms with E-state index in [-0.39, 0.29) is 11.6 Å². The van der Waals surface area contributed by atoms with Gasteiger partial charge in [0.05, 0.1) is 16.8 Å². The molecule has 0 radical (unpaired) electrons. The van der Waals surface area contributed by atoms with Crippen LogP contribution in [0.15, 0.2) is 53.1 Å². The maximum Gasteiger partial charge on any atom is 0.209 e. The fraction of sp³-hybridized carbons (Fsp3) is 0.0556. The third kappa shape index (κ3) is 2.58. The van der Waals surface area contributed by atoms with Crippen molar-refractivity contribution in [3.05, 3.63) is 75.5 Å². The molecular formula is C18H11BrN2O2. The van der Waals surface area contributed by atoms with Crippen LogP contribution in [0.25, 0.3) is 5.52 Å². The van der Waals surface area contributed by atoms with Crippen molar-refractivity contribution in [1.29, 1.82) is 5.26 Å². The first kappa shape index (κ1) is 15.2. The Morgan fingerprint density at radius 2 is 1.87 bits per heavy atom. The lowest BCUT2D eigenvalue weighted by molar-refractivity contribution is 0.101. The highest BCUT2D eigenvalue weighted by atomic mass is 79.9. The highest BCUT2D eigenvalue weighted by molar-refractivity contribution is 9.10. The number of hydrogen-bond donors (Lipinski definition) is 0. The third-order valence-corrected chi connectivity index (χ3v) is 4.16. The number of carbonyl (C=O) groups excluding carboxylic acids is 2. The highest BCUT2D eigenvalue weighted by Gasteiger charge is 2.20. The molecule has 1 aromatic carbocycles. The standard InChI is InChI=1S/C18H11BrN2O2/c1-11(22)15-9-16(18(23)12-4-6-14(19)7-5-12)21-8-2-3-13(10-20)17(15)21/h2-9H,1H3. The summed E-state index contributed by atoms with van der Waals surface area (Å²) >= 11 is 3.34. The van der Waals surface area contributed by atoms with Gasteiger partial charge >= 0.3 is 0 Å². The number of nitriles is 1. The first-order chi connectivity index (χ1) is 11.0. The van der Waals surface area contributed by atoms with Gasteiger partial charge in [0.25, 0.3) is 0 Å². The van der Waals surface area contributed by atoms with Crippen LogP contribution in [0.2, 0.25) is 0 Å². The Morgan fingerprint density at radius 3 is 2.48 bits per heavy atom. The van der Waals surface area contributed by atoms with Crippen LogP contribution in [0, 0.1) is 11.3 Å². The Hall–Kier alpha value is -2.71. The zero-order valence-corrected chi connectivity index (χ0v) is 13.8. The minimum atomic E-state index is -0.199. The molecule has 112 valence electrons. The first-order valence-electron chi connectivity index (χ1n) is 6.88. The van der Waals surface area contributed by atoms with E-state index >= 15 is 0 Å². The molecule has 23 heavy (non-hydrogen) atoms. The van der Waals surface area contributed by atoms with Gasteiger partial charge in [-0.3, -0.25) is 9.59 Å². The number of fused-ring (bicyclic) bond motifs is 1. The van der Waals surface area contributed by atoms with Gasteiger partial charge in [0, 0.05) is 21.8 Å². The van der Waals surface area contributed by atoms with Crippen LogP contribution in [-0.4, -0.2) is 16.0 Å². The molecule has 2 aromatic heterocycles. The predicted molar refractivity (Wildman–Crippen MR) is 89.7 cm³/mol. The first-order valence-corrected chi connectivity index (χ1v) is 7.67. The van der Waals surface area contributed by atoms with Crippen LogP contribution in [0.1, 0.15) is 38.9 Å². The lowest BCUT2D eigenvalue weighted by Crippen LogP contribution is -2.05. The van der Waals surface area contributed by atoms with Crippen molar-refractivity contribution >= 4 is 33.0 Å². The molecule has 0 spiro atoms. The molecule has 0 aliphatic heterocycles. The van der Waals surface area contributed by atoms with Gasteiger partial charge in [0.1, 0.15) is 6.07 Å². The maximum absolute atomic E-state index is 12.8. The summed E-state index contributed by atoms with van der Waals surface area (Å²) in [5.74, 6) is -0.379. The Balaban J connectivity index is 2.26. The molecule has 3 aromatic rings. The number of aromatic nitrogens is 1. The van der Waals surface area contributed by atoms with Gasteiger partial charge in [-0.05, 0) is 49.4 Å². The number of benzene rings is 1. The molecule has 0 fully saturated rings. The van der Waals surface area contributed by atoms with Crippen molar-refractivity contribution in [2.24, 2.45) is 0 Å². The Bertz CT molecular complexity index is 979. The van der Waals surface area contributed by atoms with Crippen molar-refractivity contribution in [3.63, 3.8) is 0 Å². The summed E-state index contributed by atoms with van der Waals surface area (Å²) < 4.78 is 2.49. The van der Waals surface area contributed by atoms with Gasteiger partial charge in [-0.2, -0.15) is 5.26 Å². The van der Waals surface area contributed by atoms with Crippen molar-refractivity contribution < 1.29 is 9.59 Å². The molecular weight excluding hydrogens is 356 g/mol. The topological polar surface area (TPSA) is 62.3 Å². The van der Waals surface area contributed by atoms with Gasteiger partial charge in [-0.1, -0.05) is 15.9 Å². The van der Waals surface area contributed by atoms with Crippen LogP contribution in [0.3, 0.4) is 0 Å². The summed E-state index contributed by atoms with van der Waals surface area (Å²) in [5.41, 5.74) is 2.10.